The van der Waals surface area contributed by atoms with Crippen molar-refractivity contribution < 1.29 is 90.0 Å². The molecule has 4 N–H and O–H groups in total. The zero-order valence-corrected chi connectivity index (χ0v) is 65.3. The Balaban J connectivity index is 1.01. The van der Waals surface area contributed by atoms with Gasteiger partial charge in [-0.2, -0.15) is 33.7 Å². The van der Waals surface area contributed by atoms with E-state index in [-0.39, 0.29) is 123 Å². The van der Waals surface area contributed by atoms with Gasteiger partial charge in [0.05, 0.1) is 53.2 Å². The summed E-state index contributed by atoms with van der Waals surface area (Å²) in [7, 11) is -19.4. The van der Waals surface area contributed by atoms with Crippen molar-refractivity contribution in [2.24, 2.45) is 0 Å². The number of rotatable bonds is 26. The van der Waals surface area contributed by atoms with E-state index < -0.39 is 83.7 Å². The van der Waals surface area contributed by atoms with Crippen molar-refractivity contribution in [2.75, 3.05) is 9.80 Å². The third kappa shape index (κ3) is 14.9. The Morgan fingerprint density at radius 2 is 0.432 bits per heavy atom. The largest absolute Gasteiger partial charge is 0.457 e. The molecule has 0 unspecified atom stereocenters. The van der Waals surface area contributed by atoms with E-state index in [1.54, 1.807) is 0 Å². The second-order valence-electron chi connectivity index (χ2n) is 28.6. The average Bonchev–Trinajstić information content (AvgIpc) is 0.669. The summed E-state index contributed by atoms with van der Waals surface area (Å²) >= 11 is 0. The Morgan fingerprint density at radius 3 is 0.627 bits per heavy atom. The fourth-order valence-corrected chi connectivity index (χ4v) is 17.7. The number of para-hydroxylation sites is 2. The number of benzene rings is 15. The van der Waals surface area contributed by atoms with E-state index in [2.05, 4.69) is 0 Å². The van der Waals surface area contributed by atoms with Crippen LogP contribution in [-0.2, 0) is 91.8 Å². The van der Waals surface area contributed by atoms with Crippen LogP contribution in [-0.4, -0.2) is 75.5 Å². The average molecular weight is 1650 g/mol. The molecular weight excluding hydrogens is 1580 g/mol. The maximum Gasteiger partial charge on any atom is 0.294 e. The molecule has 22 nitrogen and oxygen atoms in total. The topological polar surface area (TPSA) is 329 Å². The minimum atomic E-state index is -4.85. The van der Waals surface area contributed by atoms with Crippen LogP contribution < -0.4 is 28.7 Å². The van der Waals surface area contributed by atoms with Gasteiger partial charge in [0.2, 0.25) is 0 Å². The van der Waals surface area contributed by atoms with E-state index in [0.717, 1.165) is 80.6 Å². The minimum absolute atomic E-state index is 0.0635. The summed E-state index contributed by atoms with van der Waals surface area (Å²) < 4.78 is 172. The molecule has 118 heavy (non-hydrogen) atoms. The van der Waals surface area contributed by atoms with E-state index in [9.17, 15) is 51.9 Å². The first-order valence-corrected chi connectivity index (χ1v) is 43.0. The molecule has 0 atom stereocenters. The van der Waals surface area contributed by atoms with Gasteiger partial charge in [-0.15, -0.1) is 0 Å². The molecule has 0 spiro atoms. The van der Waals surface area contributed by atoms with E-state index in [1.807, 2.05) is 158 Å². The smallest absolute Gasteiger partial charge is 0.294 e. The first-order valence-electron chi connectivity index (χ1n) is 37.2. The van der Waals surface area contributed by atoms with Crippen molar-refractivity contribution in [3.05, 3.63) is 346 Å². The second kappa shape index (κ2) is 30.7. The predicted octanol–water partition coefficient (Wildman–Crippen LogP) is 18.6. The maximum absolute atomic E-state index is 16.9. The monoisotopic (exact) mass is 1650 g/mol. The number of carbonyl (C=O) groups is 4. The molecule has 15 aromatic carbocycles. The number of anilines is 2. The van der Waals surface area contributed by atoms with Crippen LogP contribution in [0.5, 0.6) is 46.0 Å². The van der Waals surface area contributed by atoms with Crippen LogP contribution in [0, 0.1) is 0 Å². The summed E-state index contributed by atoms with van der Waals surface area (Å²) in [6, 6.07) is 73.4. The summed E-state index contributed by atoms with van der Waals surface area (Å²) in [5.41, 5.74) is 5.98. The highest BCUT2D eigenvalue weighted by Gasteiger charge is 2.44. The molecule has 0 aromatic heterocycles. The number of amides is 4. The third-order valence-electron chi connectivity index (χ3n) is 21.3. The van der Waals surface area contributed by atoms with Crippen LogP contribution in [0.25, 0.3) is 43.1 Å². The van der Waals surface area contributed by atoms with Crippen LogP contribution in [0.3, 0.4) is 0 Å². The van der Waals surface area contributed by atoms with E-state index in [4.69, 9.17) is 18.9 Å². The third-order valence-corrected chi connectivity index (χ3v) is 24.7. The first kappa shape index (κ1) is 77.3. The Labute approximate surface area is 676 Å². The number of imide groups is 2. The van der Waals surface area contributed by atoms with Crippen LogP contribution >= 0.6 is 0 Å². The van der Waals surface area contributed by atoms with Gasteiger partial charge in [-0.05, 0) is 217 Å². The van der Waals surface area contributed by atoms with Gasteiger partial charge in [-0.3, -0.25) is 37.4 Å². The van der Waals surface area contributed by atoms with Gasteiger partial charge in [0.15, 0.2) is 0 Å². The number of aryl methyl sites for hydroxylation is 8. The number of ether oxygens (including phenoxy) is 4. The highest BCUT2D eigenvalue weighted by molar-refractivity contribution is 7.86. The van der Waals surface area contributed by atoms with Crippen molar-refractivity contribution in [3.8, 4) is 46.0 Å². The van der Waals surface area contributed by atoms with E-state index in [1.165, 1.54) is 72.8 Å². The molecule has 26 heteroatoms. The number of hydrogen-bond acceptors (Lipinski definition) is 16. The van der Waals surface area contributed by atoms with Crippen molar-refractivity contribution in [3.63, 3.8) is 0 Å². The predicted molar refractivity (Wildman–Crippen MR) is 444 cm³/mol. The Morgan fingerprint density at radius 1 is 0.229 bits per heavy atom. The van der Waals surface area contributed by atoms with E-state index >= 15 is 19.2 Å². The van der Waals surface area contributed by atoms with Crippen LogP contribution in [0.15, 0.2) is 299 Å². The molecule has 0 saturated heterocycles. The number of fused-ring (bicyclic) bond motifs is 2. The van der Waals surface area contributed by atoms with Gasteiger partial charge in [0, 0.05) is 43.1 Å². The molecule has 0 saturated carbocycles. The Bertz CT molecular complexity index is 6250. The molecule has 2 aliphatic heterocycles. The number of nitrogens with zero attached hydrogens (tertiary/aromatic N) is 2. The Kier molecular flexibility index (Phi) is 20.1. The fraction of sp³-hybridized carbons (Fsp3) is 0.0870. The molecule has 0 aliphatic carbocycles. The standard InChI is InChI=1S/C92H66N2O20S4/c95-89-71-51-75(111-63-35-43-67(44-36-63)115(99,100)101)81-83-77(113-65-39-47-69(48-40-65)117(105,106)107)53-73-80-74(92(98)94(91(73)97)88-61(33-29-57-19-9-3-10-20-57)25-14-26-62(88)34-30-58-21-11-4-12-22-58)54-78(114-66-41-49-70(50-42-66)118(108,109)110)84(86(80)83)82-76(112-64-37-45-68(46-38-64)116(102,103)104)52-72(79(71)85(81)82)90(96)93(89)87-59(31-27-55-15-5-1-6-16-55)23-13-24-60(87)32-28-56-17-7-2-8-18-56/h1-26,35-54H,27-34H2,(H,99,100,101)(H,102,103,104)(H,105,106,107)(H,108,109,110). The highest BCUT2D eigenvalue weighted by Crippen LogP contribution is 2.59. The quantitative estimate of drug-likeness (QED) is 0.0169. The molecule has 2 heterocycles. The van der Waals surface area contributed by atoms with Crippen LogP contribution in [0.1, 0.15) is 85.9 Å². The normalized spacial score (nSPS) is 13.2. The van der Waals surface area contributed by atoms with Gasteiger partial charge in [0.1, 0.15) is 46.0 Å². The lowest BCUT2D eigenvalue weighted by Crippen LogP contribution is -2.42. The van der Waals surface area contributed by atoms with E-state index in [0.29, 0.717) is 73.6 Å². The highest BCUT2D eigenvalue weighted by atomic mass is 32.2. The number of carbonyl (C=O) groups excluding carboxylic acids is 4. The summed E-state index contributed by atoms with van der Waals surface area (Å²) in [4.78, 5) is 67.7. The summed E-state index contributed by atoms with van der Waals surface area (Å²) in [6.45, 7) is 0. The lowest BCUT2D eigenvalue weighted by Gasteiger charge is -2.34. The molecule has 2 aliphatic rings. The zero-order valence-electron chi connectivity index (χ0n) is 62.1. The maximum atomic E-state index is 16.9. The molecule has 4 amide bonds. The molecule has 0 bridgehead atoms. The molecule has 0 radical (unpaired) electrons. The van der Waals surface area contributed by atoms with Gasteiger partial charge in [-0.1, -0.05) is 158 Å². The van der Waals surface area contributed by atoms with Crippen molar-refractivity contribution in [1.82, 2.24) is 0 Å². The SMILES string of the molecule is O=C1c2cc(Oc3ccc(S(=O)(=O)O)cc3)c3c4c(Oc5ccc(S(=O)(=O)O)cc5)cc5c6c(cc(Oc7ccc(S(=O)(=O)O)cc7)c(c7c(Oc8ccc(S(=O)(=O)O)cc8)cc(c2c37)C(=O)N1c1c(CCc2ccccc2)cccc1CCc1ccccc1)c64)C(=O)N(c1c(CCc2ccccc2)cccc1CCc1ccccc1)C5=O. The number of hydrogen-bond donors (Lipinski definition) is 4. The molecule has 15 aromatic rings. The van der Waals surface area contributed by atoms with Crippen LogP contribution in [0.2, 0.25) is 0 Å². The van der Waals surface area contributed by atoms with Gasteiger partial charge in [-0.25, -0.2) is 9.80 Å². The molecule has 0 fully saturated rings. The van der Waals surface area contributed by atoms with Gasteiger partial charge >= 0.3 is 0 Å². The lowest BCUT2D eigenvalue weighted by molar-refractivity contribution is 0.0877. The van der Waals surface area contributed by atoms with Crippen LogP contribution in [0.4, 0.5) is 11.4 Å². The summed E-state index contributed by atoms with van der Waals surface area (Å²) in [5, 5.41) is -0.577. The van der Waals surface area contributed by atoms with Crippen molar-refractivity contribution >= 4 is 119 Å². The lowest BCUT2D eigenvalue weighted by atomic mass is 9.80. The van der Waals surface area contributed by atoms with Gasteiger partial charge < -0.3 is 18.9 Å². The minimum Gasteiger partial charge on any atom is -0.457 e. The zero-order chi connectivity index (χ0) is 82.1. The van der Waals surface area contributed by atoms with Crippen molar-refractivity contribution in [2.45, 2.75) is 70.9 Å². The van der Waals surface area contributed by atoms with Crippen molar-refractivity contribution in [1.29, 1.82) is 0 Å². The summed E-state index contributed by atoms with van der Waals surface area (Å²) in [5.74, 6) is -5.08. The molecular formula is C92H66N2O20S4. The summed E-state index contributed by atoms with van der Waals surface area (Å²) in [6.07, 6.45) is 3.07. The molecule has 588 valence electrons. The fourth-order valence-electron chi connectivity index (χ4n) is 15.8. The second-order valence-corrected chi connectivity index (χ2v) is 34.3. The first-order chi connectivity index (χ1) is 56.7. The molecule has 17 rings (SSSR count). The van der Waals surface area contributed by atoms with Gasteiger partial charge in [0.25, 0.3) is 64.1 Å². The Hall–Kier alpha value is -13.3.